The number of carbonyl (C=O) groups is 1. The fourth-order valence-corrected chi connectivity index (χ4v) is 4.08. The Morgan fingerprint density at radius 3 is 2.76 bits per heavy atom. The Hall–Kier alpha value is -3.20. The number of anilines is 1. The molecule has 2 atom stereocenters. The highest BCUT2D eigenvalue weighted by molar-refractivity contribution is 6.58. The van der Waals surface area contributed by atoms with Crippen LogP contribution in [0.2, 0.25) is 0 Å². The van der Waals surface area contributed by atoms with Gasteiger partial charge in [-0.25, -0.2) is 0 Å². The maximum absolute atomic E-state index is 12.5. The molecule has 170 valence electrons. The summed E-state index contributed by atoms with van der Waals surface area (Å²) in [6.07, 6.45) is 6.21. The first kappa shape index (κ1) is 23.0. The van der Waals surface area contributed by atoms with E-state index in [0.29, 0.717) is 36.1 Å². The van der Waals surface area contributed by atoms with Crippen molar-refractivity contribution in [2.75, 3.05) is 5.32 Å². The number of benzene rings is 2. The highest BCUT2D eigenvalue weighted by Gasteiger charge is 2.23. The van der Waals surface area contributed by atoms with E-state index in [-0.39, 0.29) is 11.7 Å². The van der Waals surface area contributed by atoms with Gasteiger partial charge in [-0.15, -0.1) is 0 Å². The van der Waals surface area contributed by atoms with Gasteiger partial charge in [0.1, 0.15) is 11.9 Å². The number of carbonyl (C=O) groups excluding carboxylic acids is 1. The number of aryl methyl sites for hydroxylation is 1. The highest BCUT2D eigenvalue weighted by atomic mass is 16.4. The molecule has 33 heavy (non-hydrogen) atoms. The number of aliphatic hydroxyl groups is 1. The third kappa shape index (κ3) is 5.99. The molecule has 0 saturated heterocycles. The molecule has 1 aliphatic rings. The van der Waals surface area contributed by atoms with Crippen molar-refractivity contribution in [1.82, 2.24) is 10.2 Å². The monoisotopic (exact) mass is 445 g/mol. The smallest absolute Gasteiger partial charge is 0.423 e. The van der Waals surface area contributed by atoms with E-state index < -0.39 is 13.3 Å². The summed E-state index contributed by atoms with van der Waals surface area (Å²) in [7, 11) is -1.55. The SMILES string of the molecule is O=C(CC/C=C/[C@H]1CCc2ccc(B(O)O)cc2NC1O)c1cc(Cc2ccccc2)n[nH]1. The second-order valence-electron chi connectivity index (χ2n) is 8.41. The van der Waals surface area contributed by atoms with E-state index in [1.807, 2.05) is 54.6 Å². The first-order chi connectivity index (χ1) is 16.0. The van der Waals surface area contributed by atoms with Crippen LogP contribution in [0.5, 0.6) is 0 Å². The Morgan fingerprint density at radius 1 is 1.15 bits per heavy atom. The van der Waals surface area contributed by atoms with Crippen LogP contribution in [0, 0.1) is 5.92 Å². The molecular weight excluding hydrogens is 417 g/mol. The molecule has 0 fully saturated rings. The highest BCUT2D eigenvalue weighted by Crippen LogP contribution is 2.26. The molecule has 5 N–H and O–H groups in total. The number of aliphatic hydroxyl groups excluding tert-OH is 1. The molecule has 3 aromatic rings. The number of nitrogens with zero attached hydrogens (tertiary/aromatic N) is 1. The molecule has 1 unspecified atom stereocenters. The molecular formula is C25H28BN3O4. The second kappa shape index (κ2) is 10.6. The normalized spacial score (nSPS) is 17.9. The number of aromatic nitrogens is 2. The minimum absolute atomic E-state index is 0.00787. The first-order valence-electron chi connectivity index (χ1n) is 11.2. The van der Waals surface area contributed by atoms with Gasteiger partial charge in [-0.2, -0.15) is 5.10 Å². The Morgan fingerprint density at radius 2 is 1.97 bits per heavy atom. The molecule has 4 rings (SSSR count). The van der Waals surface area contributed by atoms with Crippen LogP contribution < -0.4 is 10.8 Å². The molecule has 7 nitrogen and oxygen atoms in total. The van der Waals surface area contributed by atoms with Gasteiger partial charge in [0.05, 0.1) is 5.69 Å². The third-order valence-electron chi connectivity index (χ3n) is 5.97. The summed E-state index contributed by atoms with van der Waals surface area (Å²) in [5.41, 5.74) is 4.62. The standard InChI is InChI=1S/C25H28BN3O4/c30-24(23-16-21(28-29-23)14-17-6-2-1-3-7-17)9-5-4-8-19-11-10-18-12-13-20(26(32)33)15-22(18)27-25(19)31/h1-4,6-8,12-13,15-16,19,25,27,31-33H,5,9-11,14H2,(H,28,29)/b8-4+/t19-,25?/m0/s1. The molecule has 0 bridgehead atoms. The molecule has 2 aromatic carbocycles. The maximum atomic E-state index is 12.5. The average molecular weight is 445 g/mol. The molecule has 0 aliphatic carbocycles. The third-order valence-corrected chi connectivity index (χ3v) is 5.97. The van der Waals surface area contributed by atoms with E-state index in [1.165, 1.54) is 0 Å². The van der Waals surface area contributed by atoms with Gasteiger partial charge in [-0.05, 0) is 48.0 Å². The first-order valence-corrected chi connectivity index (χ1v) is 11.2. The number of allylic oxidation sites excluding steroid dienone is 1. The number of H-pyrrole nitrogens is 1. The zero-order valence-electron chi connectivity index (χ0n) is 18.3. The van der Waals surface area contributed by atoms with Gasteiger partial charge in [0.15, 0.2) is 5.78 Å². The van der Waals surface area contributed by atoms with E-state index in [4.69, 9.17) is 0 Å². The number of aromatic amines is 1. The van der Waals surface area contributed by atoms with Gasteiger partial charge in [0.25, 0.3) is 0 Å². The number of hydrogen-bond donors (Lipinski definition) is 5. The van der Waals surface area contributed by atoms with Gasteiger partial charge in [-0.1, -0.05) is 54.6 Å². The number of rotatable bonds is 8. The number of nitrogens with one attached hydrogen (secondary N) is 2. The lowest BCUT2D eigenvalue weighted by Gasteiger charge is -2.19. The van der Waals surface area contributed by atoms with Crippen molar-refractivity contribution in [2.24, 2.45) is 5.92 Å². The quantitative estimate of drug-likeness (QED) is 0.206. The number of fused-ring (bicyclic) bond motifs is 1. The molecule has 2 heterocycles. The van der Waals surface area contributed by atoms with E-state index in [9.17, 15) is 19.9 Å². The fraction of sp³-hybridized carbons (Fsp3) is 0.280. The zero-order chi connectivity index (χ0) is 23.2. The molecule has 0 saturated carbocycles. The summed E-state index contributed by atoms with van der Waals surface area (Å²) in [4.78, 5) is 12.5. The molecule has 0 amide bonds. The summed E-state index contributed by atoms with van der Waals surface area (Å²) in [6, 6.07) is 17.0. The van der Waals surface area contributed by atoms with Crippen molar-refractivity contribution < 1.29 is 19.9 Å². The fourth-order valence-electron chi connectivity index (χ4n) is 4.08. The minimum Gasteiger partial charge on any atom is -0.423 e. The van der Waals surface area contributed by atoms with E-state index >= 15 is 0 Å². The second-order valence-corrected chi connectivity index (χ2v) is 8.41. The lowest BCUT2D eigenvalue weighted by molar-refractivity contribution is 0.0978. The number of ketones is 1. The Labute approximate surface area is 193 Å². The summed E-state index contributed by atoms with van der Waals surface area (Å²) in [5, 5.41) is 39.5. The van der Waals surface area contributed by atoms with Crippen LogP contribution in [0.15, 0.2) is 66.7 Å². The predicted octanol–water partition coefficient (Wildman–Crippen LogP) is 2.19. The van der Waals surface area contributed by atoms with E-state index in [2.05, 4.69) is 15.5 Å². The number of hydrogen-bond acceptors (Lipinski definition) is 6. The van der Waals surface area contributed by atoms with Crippen LogP contribution >= 0.6 is 0 Å². The minimum atomic E-state index is -1.55. The maximum Gasteiger partial charge on any atom is 0.488 e. The predicted molar refractivity (Wildman–Crippen MR) is 128 cm³/mol. The Bertz CT molecular complexity index is 1110. The van der Waals surface area contributed by atoms with Crippen LogP contribution in [0.4, 0.5) is 5.69 Å². The van der Waals surface area contributed by atoms with E-state index in [1.54, 1.807) is 12.1 Å². The Balaban J connectivity index is 1.28. The molecule has 8 heteroatoms. The van der Waals surface area contributed by atoms with Crippen molar-refractivity contribution in [3.63, 3.8) is 0 Å². The van der Waals surface area contributed by atoms with Gasteiger partial charge >= 0.3 is 7.12 Å². The van der Waals surface area contributed by atoms with Gasteiger partial charge in [0, 0.05) is 24.4 Å². The van der Waals surface area contributed by atoms with E-state index in [0.717, 1.165) is 29.7 Å². The molecule has 0 radical (unpaired) electrons. The zero-order valence-corrected chi connectivity index (χ0v) is 18.3. The van der Waals surface area contributed by atoms with Gasteiger partial charge in [0.2, 0.25) is 0 Å². The summed E-state index contributed by atoms with van der Waals surface area (Å²) in [6.45, 7) is 0. The number of Topliss-reactive ketones (excluding diaryl/α,β-unsaturated/α-hetero) is 1. The van der Waals surface area contributed by atoms with Crippen molar-refractivity contribution in [3.05, 3.63) is 89.3 Å². The van der Waals surface area contributed by atoms with Gasteiger partial charge < -0.3 is 20.5 Å². The van der Waals surface area contributed by atoms with Crippen LogP contribution in [-0.4, -0.2) is 44.5 Å². The summed E-state index contributed by atoms with van der Waals surface area (Å²) < 4.78 is 0. The summed E-state index contributed by atoms with van der Waals surface area (Å²) >= 11 is 0. The van der Waals surface area contributed by atoms with Crippen molar-refractivity contribution >= 4 is 24.1 Å². The largest absolute Gasteiger partial charge is 0.488 e. The van der Waals surface area contributed by atoms with Crippen LogP contribution in [0.1, 0.15) is 46.6 Å². The topological polar surface area (TPSA) is 118 Å². The van der Waals surface area contributed by atoms with Crippen LogP contribution in [-0.2, 0) is 12.8 Å². The lowest BCUT2D eigenvalue weighted by Crippen LogP contribution is -2.31. The average Bonchev–Trinajstić information content (AvgIpc) is 3.21. The summed E-state index contributed by atoms with van der Waals surface area (Å²) in [5.74, 6) is -0.104. The van der Waals surface area contributed by atoms with Crippen molar-refractivity contribution in [2.45, 2.75) is 38.3 Å². The molecule has 0 spiro atoms. The molecule has 1 aromatic heterocycles. The van der Waals surface area contributed by atoms with Crippen molar-refractivity contribution in [3.8, 4) is 0 Å². The van der Waals surface area contributed by atoms with Crippen LogP contribution in [0.3, 0.4) is 0 Å². The molecule has 1 aliphatic heterocycles. The van der Waals surface area contributed by atoms with Crippen LogP contribution in [0.25, 0.3) is 0 Å². The van der Waals surface area contributed by atoms with Crippen molar-refractivity contribution in [1.29, 1.82) is 0 Å². The lowest BCUT2D eigenvalue weighted by atomic mass is 9.79. The van der Waals surface area contributed by atoms with Gasteiger partial charge in [-0.3, -0.25) is 9.89 Å². The Kier molecular flexibility index (Phi) is 7.39.